The molecule has 1 fully saturated rings. The molecular formula is C18H25N5O3. The highest BCUT2D eigenvalue weighted by molar-refractivity contribution is 5.60. The summed E-state index contributed by atoms with van der Waals surface area (Å²) in [5.74, 6) is 2.57. The van der Waals surface area contributed by atoms with Crippen LogP contribution in [0.4, 0.5) is 17.5 Å². The van der Waals surface area contributed by atoms with Gasteiger partial charge in [-0.25, -0.2) is 4.98 Å². The van der Waals surface area contributed by atoms with Gasteiger partial charge in [-0.05, 0) is 25.2 Å². The normalized spacial score (nSPS) is 17.6. The van der Waals surface area contributed by atoms with Gasteiger partial charge in [0.15, 0.2) is 11.5 Å². The van der Waals surface area contributed by atoms with Gasteiger partial charge >= 0.3 is 0 Å². The molecule has 0 unspecified atom stereocenters. The smallest absolute Gasteiger partial charge is 0.229 e. The van der Waals surface area contributed by atoms with E-state index >= 15 is 0 Å². The summed E-state index contributed by atoms with van der Waals surface area (Å²) in [6.45, 7) is 2.99. The molecule has 0 spiro atoms. The van der Waals surface area contributed by atoms with Crippen molar-refractivity contribution in [3.05, 3.63) is 30.5 Å². The summed E-state index contributed by atoms with van der Waals surface area (Å²) in [6.07, 6.45) is 1.74. The first-order chi connectivity index (χ1) is 12.7. The van der Waals surface area contributed by atoms with Crippen LogP contribution in [0.5, 0.6) is 11.5 Å². The lowest BCUT2D eigenvalue weighted by Gasteiger charge is -2.30. The third kappa shape index (κ3) is 4.74. The van der Waals surface area contributed by atoms with Crippen LogP contribution in [0.15, 0.2) is 30.5 Å². The Labute approximate surface area is 153 Å². The monoisotopic (exact) mass is 359 g/mol. The minimum absolute atomic E-state index is 0.0470. The zero-order chi connectivity index (χ0) is 18.4. The summed E-state index contributed by atoms with van der Waals surface area (Å²) in [5, 5.41) is 6.17. The fourth-order valence-corrected chi connectivity index (χ4v) is 2.70. The molecule has 0 saturated carbocycles. The number of methoxy groups -OCH3 is 1. The zero-order valence-electron chi connectivity index (χ0n) is 15.4. The average Bonchev–Trinajstić information content (AvgIpc) is 2.67. The number of rotatable bonds is 7. The van der Waals surface area contributed by atoms with E-state index in [-0.39, 0.29) is 6.10 Å². The standard InChI is InChI=1S/C18H25N5O3/c1-19-17-6-7-20-18(22-17)21-13-4-5-15(24-3)16(10-13)26-12-14-11-23(2)8-9-25-14/h4-7,10,14H,8-9,11-12H2,1-3H3,(H2,19,20,21,22)/t14-/m1/s1. The van der Waals surface area contributed by atoms with Crippen molar-refractivity contribution < 1.29 is 14.2 Å². The van der Waals surface area contributed by atoms with Crippen molar-refractivity contribution in [2.24, 2.45) is 0 Å². The minimum atomic E-state index is 0.0470. The van der Waals surface area contributed by atoms with Crippen LogP contribution < -0.4 is 20.1 Å². The van der Waals surface area contributed by atoms with Crippen LogP contribution in [0.1, 0.15) is 0 Å². The maximum atomic E-state index is 5.97. The van der Waals surface area contributed by atoms with E-state index < -0.39 is 0 Å². The highest BCUT2D eigenvalue weighted by atomic mass is 16.5. The molecule has 0 radical (unpaired) electrons. The number of hydrogen-bond donors (Lipinski definition) is 2. The zero-order valence-corrected chi connectivity index (χ0v) is 15.4. The van der Waals surface area contributed by atoms with Crippen LogP contribution in [-0.4, -0.2) is 68.5 Å². The number of hydrogen-bond acceptors (Lipinski definition) is 8. The molecule has 1 aliphatic rings. The third-order valence-electron chi connectivity index (χ3n) is 4.10. The Morgan fingerprint density at radius 1 is 1.31 bits per heavy atom. The molecule has 1 aliphatic heterocycles. The second-order valence-electron chi connectivity index (χ2n) is 6.07. The van der Waals surface area contributed by atoms with E-state index in [1.807, 2.05) is 25.2 Å². The van der Waals surface area contributed by atoms with Crippen molar-refractivity contribution in [3.8, 4) is 11.5 Å². The van der Waals surface area contributed by atoms with Gasteiger partial charge in [-0.2, -0.15) is 4.98 Å². The molecule has 2 heterocycles. The van der Waals surface area contributed by atoms with Crippen LogP contribution in [0.3, 0.4) is 0 Å². The van der Waals surface area contributed by atoms with Crippen molar-refractivity contribution in [2.45, 2.75) is 6.10 Å². The lowest BCUT2D eigenvalue weighted by atomic mass is 10.2. The van der Waals surface area contributed by atoms with Crippen molar-refractivity contribution in [1.82, 2.24) is 14.9 Å². The van der Waals surface area contributed by atoms with Gasteiger partial charge < -0.3 is 29.7 Å². The summed E-state index contributed by atoms with van der Waals surface area (Å²) in [4.78, 5) is 10.8. The van der Waals surface area contributed by atoms with Crippen molar-refractivity contribution in [2.75, 3.05) is 58.1 Å². The molecule has 2 aromatic rings. The van der Waals surface area contributed by atoms with Gasteiger partial charge in [-0.3, -0.25) is 0 Å². The van der Waals surface area contributed by atoms with Crippen molar-refractivity contribution in [3.63, 3.8) is 0 Å². The van der Waals surface area contributed by atoms with Gasteiger partial charge in [-0.15, -0.1) is 0 Å². The molecular weight excluding hydrogens is 334 g/mol. The van der Waals surface area contributed by atoms with Crippen molar-refractivity contribution in [1.29, 1.82) is 0 Å². The minimum Gasteiger partial charge on any atom is -0.493 e. The van der Waals surface area contributed by atoms with Crippen LogP contribution >= 0.6 is 0 Å². The topological polar surface area (TPSA) is 80.8 Å². The molecule has 2 N–H and O–H groups in total. The predicted octanol–water partition coefficient (Wildman–Crippen LogP) is 1.98. The SMILES string of the molecule is CNc1ccnc(Nc2ccc(OC)c(OC[C@H]3CN(C)CCO3)c2)n1. The van der Waals surface area contributed by atoms with Crippen LogP contribution in [0.25, 0.3) is 0 Å². The number of nitrogens with one attached hydrogen (secondary N) is 2. The average molecular weight is 359 g/mol. The lowest BCUT2D eigenvalue weighted by Crippen LogP contribution is -2.42. The number of nitrogens with zero attached hydrogens (tertiary/aromatic N) is 3. The van der Waals surface area contributed by atoms with Gasteiger partial charge in [-0.1, -0.05) is 0 Å². The van der Waals surface area contributed by atoms with Crippen molar-refractivity contribution >= 4 is 17.5 Å². The maximum absolute atomic E-state index is 5.97. The molecule has 8 heteroatoms. The molecule has 1 atom stereocenters. The Hall–Kier alpha value is -2.58. The number of aromatic nitrogens is 2. The first-order valence-electron chi connectivity index (χ1n) is 8.56. The largest absolute Gasteiger partial charge is 0.493 e. The lowest BCUT2D eigenvalue weighted by molar-refractivity contribution is -0.0406. The van der Waals surface area contributed by atoms with E-state index in [9.17, 15) is 0 Å². The van der Waals surface area contributed by atoms with E-state index in [1.165, 1.54) is 0 Å². The number of anilines is 3. The second-order valence-corrected chi connectivity index (χ2v) is 6.07. The Balaban J connectivity index is 1.69. The molecule has 0 aliphatic carbocycles. The molecule has 8 nitrogen and oxygen atoms in total. The number of ether oxygens (including phenoxy) is 3. The first-order valence-corrected chi connectivity index (χ1v) is 8.56. The Morgan fingerprint density at radius 3 is 2.96 bits per heavy atom. The Bertz CT molecular complexity index is 728. The fourth-order valence-electron chi connectivity index (χ4n) is 2.70. The molecule has 1 aromatic heterocycles. The number of benzene rings is 1. The highest BCUT2D eigenvalue weighted by Crippen LogP contribution is 2.31. The second kappa shape index (κ2) is 8.68. The first kappa shape index (κ1) is 18.2. The highest BCUT2D eigenvalue weighted by Gasteiger charge is 2.19. The molecule has 3 rings (SSSR count). The van der Waals surface area contributed by atoms with Gasteiger partial charge in [0.2, 0.25) is 5.95 Å². The number of morpholine rings is 1. The Kier molecular flexibility index (Phi) is 6.08. The van der Waals surface area contributed by atoms with E-state index in [4.69, 9.17) is 14.2 Å². The van der Waals surface area contributed by atoms with E-state index in [0.717, 1.165) is 31.2 Å². The van der Waals surface area contributed by atoms with Crippen LogP contribution in [0, 0.1) is 0 Å². The molecule has 26 heavy (non-hydrogen) atoms. The third-order valence-corrected chi connectivity index (χ3v) is 4.10. The van der Waals surface area contributed by atoms with E-state index in [2.05, 4.69) is 32.5 Å². The van der Waals surface area contributed by atoms with Gasteiger partial charge in [0, 0.05) is 38.1 Å². The molecule has 140 valence electrons. The number of likely N-dealkylation sites (N-methyl/N-ethyl adjacent to an activating group) is 1. The van der Waals surface area contributed by atoms with E-state index in [1.54, 1.807) is 19.4 Å². The molecule has 0 amide bonds. The fraction of sp³-hybridized carbons (Fsp3) is 0.444. The maximum Gasteiger partial charge on any atom is 0.229 e. The van der Waals surface area contributed by atoms with Gasteiger partial charge in [0.25, 0.3) is 0 Å². The molecule has 1 saturated heterocycles. The summed E-state index contributed by atoms with van der Waals surface area (Å²) in [5.41, 5.74) is 0.815. The predicted molar refractivity (Wildman–Crippen MR) is 101 cm³/mol. The summed E-state index contributed by atoms with van der Waals surface area (Å²) >= 11 is 0. The van der Waals surface area contributed by atoms with Gasteiger partial charge in [0.1, 0.15) is 18.5 Å². The molecule has 1 aromatic carbocycles. The van der Waals surface area contributed by atoms with Gasteiger partial charge in [0.05, 0.1) is 13.7 Å². The Morgan fingerprint density at radius 2 is 2.19 bits per heavy atom. The van der Waals surface area contributed by atoms with Crippen LogP contribution in [0.2, 0.25) is 0 Å². The summed E-state index contributed by atoms with van der Waals surface area (Å²) in [7, 11) is 5.52. The quantitative estimate of drug-likeness (QED) is 0.777. The van der Waals surface area contributed by atoms with Crippen LogP contribution in [-0.2, 0) is 4.74 Å². The molecule has 0 bridgehead atoms. The summed E-state index contributed by atoms with van der Waals surface area (Å²) < 4.78 is 17.1. The van der Waals surface area contributed by atoms with E-state index in [0.29, 0.717) is 24.1 Å². The summed E-state index contributed by atoms with van der Waals surface area (Å²) in [6, 6.07) is 7.43.